The van der Waals surface area contributed by atoms with E-state index in [1.807, 2.05) is 56.3 Å². The van der Waals surface area contributed by atoms with Gasteiger partial charge < -0.3 is 45.0 Å². The largest absolute Gasteiger partial charge is 0.463 e. The number of urea groups is 1. The van der Waals surface area contributed by atoms with Gasteiger partial charge in [-0.2, -0.15) is 0 Å². The first kappa shape index (κ1) is 33.1. The van der Waals surface area contributed by atoms with Crippen molar-refractivity contribution >= 4 is 29.2 Å². The van der Waals surface area contributed by atoms with E-state index in [4.69, 9.17) is 29.4 Å². The fourth-order valence-electron chi connectivity index (χ4n) is 5.31. The van der Waals surface area contributed by atoms with E-state index >= 15 is 0 Å². The summed E-state index contributed by atoms with van der Waals surface area (Å²) in [5, 5.41) is 5.59. The van der Waals surface area contributed by atoms with E-state index in [-0.39, 0.29) is 18.2 Å². The fraction of sp³-hybridized carbons (Fsp3) is 0.429. The molecule has 0 aliphatic carbocycles. The number of hydrogen-bond acceptors (Lipinski definition) is 8. The van der Waals surface area contributed by atoms with Crippen molar-refractivity contribution < 1.29 is 33.3 Å². The van der Waals surface area contributed by atoms with Gasteiger partial charge in [0.25, 0.3) is 0 Å². The van der Waals surface area contributed by atoms with E-state index in [2.05, 4.69) is 10.6 Å². The Morgan fingerprint density at radius 1 is 0.935 bits per heavy atom. The number of nitrogens with one attached hydrogen (secondary N) is 2. The van der Waals surface area contributed by atoms with Gasteiger partial charge >= 0.3 is 12.1 Å². The van der Waals surface area contributed by atoms with E-state index < -0.39 is 5.79 Å². The number of benzene rings is 3. The van der Waals surface area contributed by atoms with Crippen LogP contribution in [0.25, 0.3) is 0 Å². The molecule has 2 heterocycles. The number of nitrogen functional groups attached to an aromatic ring is 1. The second kappa shape index (κ2) is 15.8. The number of cyclic esters (lactones) is 1. The van der Waals surface area contributed by atoms with Crippen LogP contribution in [0, 0.1) is 0 Å². The number of fused-ring (bicyclic) bond motifs is 1. The van der Waals surface area contributed by atoms with Gasteiger partial charge in [-0.25, -0.2) is 9.59 Å². The molecule has 0 bridgehead atoms. The number of nitrogens with zero attached hydrogens (tertiary/aromatic N) is 1. The van der Waals surface area contributed by atoms with E-state index in [9.17, 15) is 9.59 Å². The summed E-state index contributed by atoms with van der Waals surface area (Å²) in [6.07, 6.45) is 3.03. The lowest BCUT2D eigenvalue weighted by Gasteiger charge is -2.32. The van der Waals surface area contributed by atoms with Crippen LogP contribution in [0.15, 0.2) is 66.7 Å². The molecular weight excluding hydrogens is 588 g/mol. The Labute approximate surface area is 270 Å². The number of carbonyl (C=O) groups is 2. The average molecular weight is 633 g/mol. The minimum absolute atomic E-state index is 0.268. The van der Waals surface area contributed by atoms with Crippen LogP contribution in [0.5, 0.6) is 5.75 Å². The molecule has 4 N–H and O–H groups in total. The smallest absolute Gasteiger partial charge is 0.410 e. The highest BCUT2D eigenvalue weighted by atomic mass is 16.7. The fourth-order valence-corrected chi connectivity index (χ4v) is 5.31. The van der Waals surface area contributed by atoms with Crippen LogP contribution < -0.4 is 21.1 Å². The third kappa shape index (κ3) is 9.84. The van der Waals surface area contributed by atoms with Crippen LogP contribution >= 0.6 is 0 Å². The van der Waals surface area contributed by atoms with Gasteiger partial charge in [0.2, 0.25) is 5.79 Å². The molecule has 0 aromatic heterocycles. The van der Waals surface area contributed by atoms with Gasteiger partial charge in [0.05, 0.1) is 19.8 Å². The van der Waals surface area contributed by atoms with Crippen LogP contribution in [0.2, 0.25) is 0 Å². The molecule has 11 nitrogen and oxygen atoms in total. The van der Waals surface area contributed by atoms with E-state index in [0.717, 1.165) is 48.1 Å². The van der Waals surface area contributed by atoms with Gasteiger partial charge in [0, 0.05) is 62.8 Å². The predicted molar refractivity (Wildman–Crippen MR) is 176 cm³/mol. The molecule has 5 rings (SSSR count). The number of rotatable bonds is 15. The Morgan fingerprint density at radius 3 is 2.52 bits per heavy atom. The Kier molecular flexibility index (Phi) is 11.4. The zero-order chi connectivity index (χ0) is 32.4. The normalized spacial score (nSPS) is 16.8. The van der Waals surface area contributed by atoms with Crippen LogP contribution in [-0.4, -0.2) is 55.7 Å². The summed E-state index contributed by atoms with van der Waals surface area (Å²) < 4.78 is 28.8. The SMILES string of the molecule is CC1(C)OCc2cc(C3CN(CCCCCOCCCOCc4cccc(NC(=O)Nc5cccc(N)c5)c4)C(=O)O3)ccc2O1. The molecule has 2 aliphatic rings. The maximum atomic E-state index is 12.4. The highest BCUT2D eigenvalue weighted by Crippen LogP contribution is 2.35. The van der Waals surface area contributed by atoms with E-state index in [0.29, 0.717) is 63.2 Å². The van der Waals surface area contributed by atoms with Crippen molar-refractivity contribution in [3.05, 3.63) is 83.4 Å². The van der Waals surface area contributed by atoms with Crippen LogP contribution in [0.1, 0.15) is 62.3 Å². The number of anilines is 3. The minimum Gasteiger partial charge on any atom is -0.463 e. The van der Waals surface area contributed by atoms with Crippen molar-refractivity contribution in [2.24, 2.45) is 0 Å². The van der Waals surface area contributed by atoms with E-state index in [1.165, 1.54) is 0 Å². The molecule has 1 unspecified atom stereocenters. The highest BCUT2D eigenvalue weighted by Gasteiger charge is 2.33. The number of ether oxygens (including phenoxy) is 5. The van der Waals surface area contributed by atoms with Gasteiger partial charge in [-0.05, 0) is 79.3 Å². The standard InChI is InChI=1S/C35H44N4O7/c1-35(2)44-24-27-20-26(13-14-31(27)46-35)32-22-39(34(41)45-32)15-4-3-5-16-42-17-8-18-43-23-25-9-6-11-29(19-25)37-33(40)38-30-12-7-10-28(36)21-30/h6-7,9-14,19-21,32H,3-5,8,15-18,22-24,36H2,1-2H3,(H2,37,38,40). The summed E-state index contributed by atoms with van der Waals surface area (Å²) in [6, 6.07) is 20.1. The highest BCUT2D eigenvalue weighted by molar-refractivity contribution is 6.00. The molecule has 46 heavy (non-hydrogen) atoms. The van der Waals surface area contributed by atoms with Gasteiger partial charge in [-0.3, -0.25) is 0 Å². The molecule has 2 aliphatic heterocycles. The minimum atomic E-state index is -0.638. The third-order valence-electron chi connectivity index (χ3n) is 7.67. The maximum Gasteiger partial charge on any atom is 0.410 e. The molecule has 3 aromatic rings. The Hall–Kier alpha value is -4.32. The molecule has 1 saturated heterocycles. The maximum absolute atomic E-state index is 12.4. The van der Waals surface area contributed by atoms with E-state index in [1.54, 1.807) is 29.2 Å². The first-order valence-corrected chi connectivity index (χ1v) is 15.8. The summed E-state index contributed by atoms with van der Waals surface area (Å²) in [5.74, 6) is 0.172. The van der Waals surface area contributed by atoms with Crippen molar-refractivity contribution in [1.82, 2.24) is 4.90 Å². The number of hydrogen-bond donors (Lipinski definition) is 3. The second-order valence-electron chi connectivity index (χ2n) is 12.0. The van der Waals surface area contributed by atoms with Crippen LogP contribution in [-0.2, 0) is 32.2 Å². The molecule has 11 heteroatoms. The first-order valence-electron chi connectivity index (χ1n) is 15.8. The molecule has 0 radical (unpaired) electrons. The lowest BCUT2D eigenvalue weighted by atomic mass is 10.0. The number of unbranched alkanes of at least 4 members (excludes halogenated alkanes) is 2. The zero-order valence-corrected chi connectivity index (χ0v) is 26.6. The number of amides is 3. The molecule has 0 spiro atoms. The van der Waals surface area contributed by atoms with Crippen LogP contribution in [0.3, 0.4) is 0 Å². The molecule has 3 aromatic carbocycles. The lowest BCUT2D eigenvalue weighted by Crippen LogP contribution is -2.35. The van der Waals surface area contributed by atoms with Gasteiger partial charge in [0.15, 0.2) is 0 Å². The zero-order valence-electron chi connectivity index (χ0n) is 26.6. The van der Waals surface area contributed by atoms with Crippen molar-refractivity contribution in [3.63, 3.8) is 0 Å². The van der Waals surface area contributed by atoms with Crippen molar-refractivity contribution in [2.45, 2.75) is 64.6 Å². The molecule has 1 atom stereocenters. The predicted octanol–water partition coefficient (Wildman–Crippen LogP) is 6.85. The summed E-state index contributed by atoms with van der Waals surface area (Å²) in [4.78, 5) is 26.5. The average Bonchev–Trinajstić information content (AvgIpc) is 3.39. The molecular formula is C35H44N4O7. The Bertz CT molecular complexity index is 1480. The Morgan fingerprint density at radius 2 is 1.70 bits per heavy atom. The van der Waals surface area contributed by atoms with Crippen molar-refractivity contribution in [2.75, 3.05) is 49.3 Å². The first-order chi connectivity index (χ1) is 22.2. The van der Waals surface area contributed by atoms with Crippen molar-refractivity contribution in [3.8, 4) is 5.75 Å². The third-order valence-corrected chi connectivity index (χ3v) is 7.67. The second-order valence-corrected chi connectivity index (χ2v) is 12.0. The topological polar surface area (TPSA) is 134 Å². The van der Waals surface area contributed by atoms with Crippen LogP contribution in [0.4, 0.5) is 26.7 Å². The molecule has 0 saturated carbocycles. The Balaban J connectivity index is 0.889. The lowest BCUT2D eigenvalue weighted by molar-refractivity contribution is -0.180. The number of carbonyl (C=O) groups excluding carboxylic acids is 2. The summed E-state index contributed by atoms with van der Waals surface area (Å²) in [7, 11) is 0. The summed E-state index contributed by atoms with van der Waals surface area (Å²) in [5.41, 5.74) is 10.5. The van der Waals surface area contributed by atoms with Gasteiger partial charge in [-0.1, -0.05) is 24.3 Å². The quantitative estimate of drug-likeness (QED) is 0.122. The summed E-state index contributed by atoms with van der Waals surface area (Å²) >= 11 is 0. The monoisotopic (exact) mass is 632 g/mol. The number of nitrogens with two attached hydrogens (primary N) is 1. The van der Waals surface area contributed by atoms with Crippen molar-refractivity contribution in [1.29, 1.82) is 0 Å². The molecule has 3 amide bonds. The molecule has 246 valence electrons. The molecule has 1 fully saturated rings. The summed E-state index contributed by atoms with van der Waals surface area (Å²) in [6.45, 7) is 7.78. The van der Waals surface area contributed by atoms with Gasteiger partial charge in [-0.15, -0.1) is 0 Å². The van der Waals surface area contributed by atoms with Gasteiger partial charge in [0.1, 0.15) is 11.9 Å².